The van der Waals surface area contributed by atoms with Crippen LogP contribution in [0, 0.1) is 13.8 Å². The van der Waals surface area contributed by atoms with E-state index < -0.39 is 0 Å². The van der Waals surface area contributed by atoms with Crippen LogP contribution >= 0.6 is 11.3 Å². The molecule has 1 aliphatic rings. The van der Waals surface area contributed by atoms with E-state index in [1.807, 2.05) is 45.8 Å². The van der Waals surface area contributed by atoms with E-state index in [-0.39, 0.29) is 11.8 Å². The van der Waals surface area contributed by atoms with E-state index in [4.69, 9.17) is 0 Å². The highest BCUT2D eigenvalue weighted by molar-refractivity contribution is 7.15. The average molecular weight is 345 g/mol. The second-order valence-corrected chi connectivity index (χ2v) is 7.41. The Morgan fingerprint density at radius 3 is 2.29 bits per heavy atom. The van der Waals surface area contributed by atoms with Crippen LogP contribution in [-0.4, -0.2) is 52.4 Å². The topological polar surface area (TPSA) is 45.6 Å². The maximum atomic E-state index is 13.2. The first kappa shape index (κ1) is 16.8. The Morgan fingerprint density at radius 2 is 1.62 bits per heavy atom. The molecule has 1 aliphatic heterocycles. The van der Waals surface area contributed by atoms with Crippen LogP contribution < -0.4 is 0 Å². The summed E-state index contributed by atoms with van der Waals surface area (Å²) in [5.74, 6) is 0.158. The molecule has 0 saturated carbocycles. The molecule has 1 fully saturated rings. The van der Waals surface area contributed by atoms with Crippen molar-refractivity contribution >= 4 is 23.2 Å². The molecule has 0 spiro atoms. The summed E-state index contributed by atoms with van der Waals surface area (Å²) in [6.45, 7) is 8.30. The van der Waals surface area contributed by atoms with Gasteiger partial charge in [0, 0.05) is 50.4 Å². The molecular formula is C18H23N3O2S. The summed E-state index contributed by atoms with van der Waals surface area (Å²) in [5.41, 5.74) is 1.85. The molecule has 0 aromatic carbocycles. The zero-order chi connectivity index (χ0) is 17.3. The van der Waals surface area contributed by atoms with Crippen molar-refractivity contribution in [2.75, 3.05) is 26.2 Å². The van der Waals surface area contributed by atoms with Crippen LogP contribution in [0.25, 0.3) is 5.00 Å². The van der Waals surface area contributed by atoms with Crippen LogP contribution in [0.1, 0.15) is 34.1 Å². The van der Waals surface area contributed by atoms with Crippen LogP contribution in [-0.2, 0) is 4.79 Å². The van der Waals surface area contributed by atoms with Gasteiger partial charge in [0.15, 0.2) is 0 Å². The molecule has 0 aliphatic carbocycles. The summed E-state index contributed by atoms with van der Waals surface area (Å²) in [5, 5.41) is 0.979. The highest BCUT2D eigenvalue weighted by Gasteiger charge is 2.27. The van der Waals surface area contributed by atoms with Gasteiger partial charge in [-0.3, -0.25) is 9.59 Å². The Morgan fingerprint density at radius 1 is 1.00 bits per heavy atom. The summed E-state index contributed by atoms with van der Waals surface area (Å²) < 4.78 is 2.01. The molecule has 0 bridgehead atoms. The van der Waals surface area contributed by atoms with E-state index in [0.29, 0.717) is 19.6 Å². The number of hydrogen-bond acceptors (Lipinski definition) is 3. The van der Waals surface area contributed by atoms with Gasteiger partial charge in [0.25, 0.3) is 5.91 Å². The predicted octanol–water partition coefficient (Wildman–Crippen LogP) is 2.85. The molecule has 2 aromatic heterocycles. The number of nitrogens with zero attached hydrogens (tertiary/aromatic N) is 3. The molecule has 24 heavy (non-hydrogen) atoms. The van der Waals surface area contributed by atoms with Gasteiger partial charge >= 0.3 is 0 Å². The molecule has 1 saturated heterocycles. The molecule has 2 aromatic rings. The number of amides is 2. The smallest absolute Gasteiger partial charge is 0.257 e. The Bertz CT molecular complexity index is 749. The summed E-state index contributed by atoms with van der Waals surface area (Å²) in [7, 11) is 0. The Balaban J connectivity index is 1.89. The fraction of sp³-hybridized carbons (Fsp3) is 0.444. The quantitative estimate of drug-likeness (QED) is 0.840. The molecule has 2 amide bonds. The van der Waals surface area contributed by atoms with E-state index in [0.717, 1.165) is 29.1 Å². The van der Waals surface area contributed by atoms with Crippen molar-refractivity contribution in [3.05, 3.63) is 40.5 Å². The number of carbonyl (C=O) groups excluding carboxylic acids is 2. The van der Waals surface area contributed by atoms with E-state index in [9.17, 15) is 9.59 Å². The molecule has 3 rings (SSSR count). The van der Waals surface area contributed by atoms with Crippen LogP contribution in [0.3, 0.4) is 0 Å². The molecule has 5 nitrogen and oxygen atoms in total. The second kappa shape index (κ2) is 6.81. The number of carbonyl (C=O) groups is 2. The predicted molar refractivity (Wildman–Crippen MR) is 95.9 cm³/mol. The SMILES string of the molecule is CC(=O)N1CCCN(C(=O)c2c(-n3cccc3)sc(C)c2C)CC1. The fourth-order valence-electron chi connectivity index (χ4n) is 3.11. The molecule has 128 valence electrons. The van der Waals surface area contributed by atoms with Crippen molar-refractivity contribution in [3.8, 4) is 5.00 Å². The first-order chi connectivity index (χ1) is 11.5. The van der Waals surface area contributed by atoms with Crippen LogP contribution in [0.5, 0.6) is 0 Å². The summed E-state index contributed by atoms with van der Waals surface area (Å²) in [4.78, 5) is 29.7. The Labute approximate surface area is 146 Å². The van der Waals surface area contributed by atoms with E-state index in [1.54, 1.807) is 18.3 Å². The lowest BCUT2D eigenvalue weighted by molar-refractivity contribution is -0.128. The molecule has 6 heteroatoms. The number of aromatic nitrogens is 1. The average Bonchev–Trinajstić information content (AvgIpc) is 3.08. The Kier molecular flexibility index (Phi) is 4.76. The first-order valence-corrected chi connectivity index (χ1v) is 9.09. The minimum absolute atomic E-state index is 0.0750. The zero-order valence-electron chi connectivity index (χ0n) is 14.4. The minimum atomic E-state index is 0.0750. The van der Waals surface area contributed by atoms with Gasteiger partial charge in [-0.25, -0.2) is 0 Å². The highest BCUT2D eigenvalue weighted by atomic mass is 32.1. The standard InChI is InChI=1S/C18H23N3O2S/c1-13-14(2)24-18(21-7-4-5-8-21)16(13)17(23)20-10-6-9-19(11-12-20)15(3)22/h4-5,7-8H,6,9-12H2,1-3H3. The van der Waals surface area contributed by atoms with Crippen LogP contribution in [0.15, 0.2) is 24.5 Å². The molecule has 3 heterocycles. The first-order valence-electron chi connectivity index (χ1n) is 8.27. The van der Waals surface area contributed by atoms with Gasteiger partial charge in [-0.15, -0.1) is 11.3 Å². The molecule has 0 N–H and O–H groups in total. The van der Waals surface area contributed by atoms with Crippen LogP contribution in [0.2, 0.25) is 0 Å². The van der Waals surface area contributed by atoms with Gasteiger partial charge in [0.1, 0.15) is 5.00 Å². The van der Waals surface area contributed by atoms with Gasteiger partial charge in [-0.2, -0.15) is 0 Å². The summed E-state index contributed by atoms with van der Waals surface area (Å²) in [6, 6.07) is 3.94. The lowest BCUT2D eigenvalue weighted by Gasteiger charge is -2.22. The van der Waals surface area contributed by atoms with Crippen molar-refractivity contribution in [2.45, 2.75) is 27.2 Å². The maximum absolute atomic E-state index is 13.2. The van der Waals surface area contributed by atoms with Crippen LogP contribution in [0.4, 0.5) is 0 Å². The van der Waals surface area contributed by atoms with Gasteiger partial charge in [0.05, 0.1) is 5.56 Å². The van der Waals surface area contributed by atoms with Gasteiger partial charge in [-0.1, -0.05) is 0 Å². The Hall–Kier alpha value is -2.08. The monoisotopic (exact) mass is 345 g/mol. The summed E-state index contributed by atoms with van der Waals surface area (Å²) in [6.07, 6.45) is 4.77. The lowest BCUT2D eigenvalue weighted by Crippen LogP contribution is -2.36. The zero-order valence-corrected chi connectivity index (χ0v) is 15.2. The third-order valence-electron chi connectivity index (χ3n) is 4.65. The second-order valence-electron chi connectivity index (χ2n) is 6.21. The number of aryl methyl sites for hydroxylation is 1. The van der Waals surface area contributed by atoms with Crippen molar-refractivity contribution in [3.63, 3.8) is 0 Å². The third kappa shape index (κ3) is 3.11. The molecular weight excluding hydrogens is 322 g/mol. The summed E-state index contributed by atoms with van der Waals surface area (Å²) >= 11 is 1.65. The molecule has 0 radical (unpaired) electrons. The maximum Gasteiger partial charge on any atom is 0.257 e. The van der Waals surface area contributed by atoms with Crippen molar-refractivity contribution in [1.29, 1.82) is 0 Å². The van der Waals surface area contributed by atoms with E-state index >= 15 is 0 Å². The van der Waals surface area contributed by atoms with Gasteiger partial charge in [-0.05, 0) is 38.0 Å². The van der Waals surface area contributed by atoms with E-state index in [1.165, 1.54) is 4.88 Å². The number of thiophene rings is 1. The van der Waals surface area contributed by atoms with Crippen molar-refractivity contribution in [2.24, 2.45) is 0 Å². The molecule has 0 unspecified atom stereocenters. The van der Waals surface area contributed by atoms with Gasteiger partial charge in [0.2, 0.25) is 5.91 Å². The number of hydrogen-bond donors (Lipinski definition) is 0. The third-order valence-corrected chi connectivity index (χ3v) is 5.87. The number of rotatable bonds is 2. The van der Waals surface area contributed by atoms with Crippen molar-refractivity contribution in [1.82, 2.24) is 14.4 Å². The van der Waals surface area contributed by atoms with Gasteiger partial charge < -0.3 is 14.4 Å². The highest BCUT2D eigenvalue weighted by Crippen LogP contribution is 2.32. The van der Waals surface area contributed by atoms with Crippen molar-refractivity contribution < 1.29 is 9.59 Å². The lowest BCUT2D eigenvalue weighted by atomic mass is 10.1. The largest absolute Gasteiger partial charge is 0.341 e. The van der Waals surface area contributed by atoms with E-state index in [2.05, 4.69) is 6.92 Å². The fourth-order valence-corrected chi connectivity index (χ4v) is 4.22. The molecule has 0 atom stereocenters. The normalized spacial score (nSPS) is 15.5. The minimum Gasteiger partial charge on any atom is -0.341 e.